The number of hydrogen-bond donors (Lipinski definition) is 1. The first-order valence-corrected chi connectivity index (χ1v) is 17.6. The molecule has 1 spiro atoms. The number of ether oxygens (including phenoxy) is 2. The Hall–Kier alpha value is -3.86. The van der Waals surface area contributed by atoms with Gasteiger partial charge in [-0.25, -0.2) is 4.79 Å². The molecule has 10 nitrogen and oxygen atoms in total. The van der Waals surface area contributed by atoms with Crippen molar-refractivity contribution in [1.29, 1.82) is 0 Å². The van der Waals surface area contributed by atoms with Gasteiger partial charge in [-0.1, -0.05) is 57.2 Å². The Labute approximate surface area is 284 Å². The molecule has 0 saturated carbocycles. The van der Waals surface area contributed by atoms with E-state index in [1.54, 1.807) is 6.07 Å². The number of carbonyl (C=O) groups is 2. The van der Waals surface area contributed by atoms with E-state index in [1.165, 1.54) is 4.90 Å². The average molecular weight is 658 g/mol. The molecular weight excluding hydrogens is 606 g/mol. The van der Waals surface area contributed by atoms with Crippen LogP contribution in [0.5, 0.6) is 11.5 Å². The number of nitrogens with zero attached hydrogens (tertiary/aromatic N) is 5. The Morgan fingerprint density at radius 1 is 0.979 bits per heavy atom. The van der Waals surface area contributed by atoms with Gasteiger partial charge in [0.1, 0.15) is 5.54 Å². The first-order chi connectivity index (χ1) is 23.3. The van der Waals surface area contributed by atoms with Gasteiger partial charge in [0, 0.05) is 76.9 Å². The smallest absolute Gasteiger partial charge is 0.328 e. The zero-order chi connectivity index (χ0) is 34.0. The molecule has 1 unspecified atom stereocenters. The van der Waals surface area contributed by atoms with Gasteiger partial charge in [0.05, 0.1) is 25.9 Å². The predicted molar refractivity (Wildman–Crippen MR) is 189 cm³/mol. The monoisotopic (exact) mass is 657 g/mol. The van der Waals surface area contributed by atoms with Gasteiger partial charge in [0.2, 0.25) is 0 Å². The van der Waals surface area contributed by atoms with E-state index < -0.39 is 5.54 Å². The lowest BCUT2D eigenvalue weighted by atomic mass is 9.87. The number of phenolic OH excluding ortho intramolecular Hbond substituents is 1. The normalized spacial score (nSPS) is 24.1. The van der Waals surface area contributed by atoms with Crippen molar-refractivity contribution in [3.8, 4) is 11.5 Å². The summed E-state index contributed by atoms with van der Waals surface area (Å²) in [6, 6.07) is 17.9. The van der Waals surface area contributed by atoms with Crippen molar-refractivity contribution in [2.45, 2.75) is 51.7 Å². The molecule has 3 amide bonds. The zero-order valence-electron chi connectivity index (χ0n) is 29.2. The number of amides is 3. The first kappa shape index (κ1) is 34.0. The van der Waals surface area contributed by atoms with Crippen LogP contribution in [0.4, 0.5) is 10.5 Å². The Balaban J connectivity index is 0.00000197. The summed E-state index contributed by atoms with van der Waals surface area (Å²) >= 11 is 0. The highest BCUT2D eigenvalue weighted by molar-refractivity contribution is 6.09. The van der Waals surface area contributed by atoms with E-state index in [1.807, 2.05) is 51.9 Å². The van der Waals surface area contributed by atoms with Crippen LogP contribution in [-0.2, 0) is 16.1 Å². The van der Waals surface area contributed by atoms with Crippen LogP contribution in [0.15, 0.2) is 54.6 Å². The fourth-order valence-electron chi connectivity index (χ4n) is 8.18. The van der Waals surface area contributed by atoms with Crippen LogP contribution in [0.3, 0.4) is 0 Å². The Bertz CT molecular complexity index is 1620. The topological polar surface area (TPSA) is 89.0 Å². The number of aromatic hydroxyl groups is 1. The number of morpholine rings is 1. The van der Waals surface area contributed by atoms with Gasteiger partial charge in [0.25, 0.3) is 5.91 Å². The van der Waals surface area contributed by atoms with Crippen LogP contribution in [0.25, 0.3) is 10.8 Å². The molecule has 258 valence electrons. The van der Waals surface area contributed by atoms with Crippen molar-refractivity contribution in [1.82, 2.24) is 19.6 Å². The maximum atomic E-state index is 14.6. The Kier molecular flexibility index (Phi) is 10.1. The van der Waals surface area contributed by atoms with Gasteiger partial charge in [-0.15, -0.1) is 0 Å². The summed E-state index contributed by atoms with van der Waals surface area (Å²) in [4.78, 5) is 39.2. The number of phenols is 1. The third kappa shape index (κ3) is 5.99. The highest BCUT2D eigenvalue weighted by atomic mass is 16.5. The van der Waals surface area contributed by atoms with Gasteiger partial charge >= 0.3 is 6.03 Å². The maximum absolute atomic E-state index is 14.6. The van der Waals surface area contributed by atoms with Crippen LogP contribution in [-0.4, -0.2) is 115 Å². The number of rotatable bonds is 10. The highest BCUT2D eigenvalue weighted by Crippen LogP contribution is 2.56. The van der Waals surface area contributed by atoms with E-state index in [2.05, 4.69) is 51.1 Å². The van der Waals surface area contributed by atoms with Gasteiger partial charge in [-0.3, -0.25) is 19.5 Å². The van der Waals surface area contributed by atoms with Gasteiger partial charge in [-0.2, -0.15) is 0 Å². The summed E-state index contributed by atoms with van der Waals surface area (Å²) in [5.41, 5.74) is 2.27. The first-order valence-electron chi connectivity index (χ1n) is 17.6. The van der Waals surface area contributed by atoms with Crippen LogP contribution < -0.4 is 9.64 Å². The summed E-state index contributed by atoms with van der Waals surface area (Å²) in [7, 11) is 4.09. The van der Waals surface area contributed by atoms with Crippen molar-refractivity contribution in [2.75, 3.05) is 78.1 Å². The Morgan fingerprint density at radius 2 is 1.73 bits per heavy atom. The number of anilines is 1. The van der Waals surface area contributed by atoms with E-state index in [0.717, 1.165) is 53.5 Å². The van der Waals surface area contributed by atoms with Crippen molar-refractivity contribution < 1.29 is 24.2 Å². The fourth-order valence-corrected chi connectivity index (χ4v) is 8.18. The SMILES string of the molecule is CC.CCCOc1ccc(CN2C[C@H]3CC(c4ccc(N(C)C)c5ccccc45)N4C(=O)N(CCN5CCOCC5)C(=O)[C@]34C2)cc1O. The number of hydrogen-bond acceptors (Lipinski definition) is 8. The second-order valence-corrected chi connectivity index (χ2v) is 13.4. The highest BCUT2D eigenvalue weighted by Gasteiger charge is 2.70. The summed E-state index contributed by atoms with van der Waals surface area (Å²) in [5.74, 6) is 0.535. The number of likely N-dealkylation sites (tertiary alicyclic amines) is 1. The number of benzene rings is 3. The van der Waals surface area contributed by atoms with Crippen molar-refractivity contribution in [3.05, 3.63) is 65.7 Å². The molecular formula is C38H51N5O5. The minimum absolute atomic E-state index is 0.00428. The molecule has 0 bridgehead atoms. The molecule has 48 heavy (non-hydrogen) atoms. The second kappa shape index (κ2) is 14.3. The minimum atomic E-state index is -0.916. The maximum Gasteiger partial charge on any atom is 0.328 e. The van der Waals surface area contributed by atoms with Crippen molar-refractivity contribution in [3.63, 3.8) is 0 Å². The van der Waals surface area contributed by atoms with Crippen LogP contribution in [0.1, 0.15) is 50.8 Å². The lowest BCUT2D eigenvalue weighted by Gasteiger charge is -2.32. The molecule has 0 aliphatic carbocycles. The molecule has 3 aromatic rings. The summed E-state index contributed by atoms with van der Waals surface area (Å²) in [6.07, 6.45) is 1.59. The fraction of sp³-hybridized carbons (Fsp3) is 0.526. The molecule has 10 heteroatoms. The Morgan fingerprint density at radius 3 is 2.44 bits per heavy atom. The molecule has 4 aliphatic rings. The number of fused-ring (bicyclic) bond motifs is 1. The molecule has 7 rings (SSSR count). The van der Waals surface area contributed by atoms with E-state index in [4.69, 9.17) is 9.47 Å². The molecule has 4 aliphatic heterocycles. The minimum Gasteiger partial charge on any atom is -0.504 e. The third-order valence-electron chi connectivity index (χ3n) is 10.3. The quantitative estimate of drug-likeness (QED) is 0.293. The molecule has 3 atom stereocenters. The van der Waals surface area contributed by atoms with E-state index >= 15 is 0 Å². The molecule has 4 heterocycles. The van der Waals surface area contributed by atoms with Crippen LogP contribution >= 0.6 is 0 Å². The van der Waals surface area contributed by atoms with Gasteiger partial charge in [0.15, 0.2) is 11.5 Å². The van der Waals surface area contributed by atoms with Gasteiger partial charge < -0.3 is 24.4 Å². The van der Waals surface area contributed by atoms with Crippen LogP contribution in [0, 0.1) is 5.92 Å². The van der Waals surface area contributed by atoms with Crippen LogP contribution in [0.2, 0.25) is 0 Å². The molecule has 4 fully saturated rings. The van der Waals surface area contributed by atoms with Crippen molar-refractivity contribution >= 4 is 28.4 Å². The number of carbonyl (C=O) groups excluding carboxylic acids is 2. The standard InChI is InChI=1S/C36H45N5O5.C2H6/c1-4-17-46-33-12-9-25(20-32(33)42)22-39-23-26-21-31(29-10-11-30(37(2)3)28-8-6-5-7-27(28)29)41-35(44)40(34(43)36(26,41)24-39)14-13-38-15-18-45-19-16-38;1-2/h5-12,20,26,31,42H,4,13-19,21-24H2,1-3H3;1-2H3/t26-,31?,36+;/m1./s1. The van der Waals surface area contributed by atoms with E-state index in [-0.39, 0.29) is 29.6 Å². The van der Waals surface area contributed by atoms with E-state index in [9.17, 15) is 14.7 Å². The lowest BCUT2D eigenvalue weighted by Crippen LogP contribution is -2.51. The van der Waals surface area contributed by atoms with Crippen molar-refractivity contribution in [2.24, 2.45) is 5.92 Å². The average Bonchev–Trinajstić information content (AvgIpc) is 3.68. The molecule has 0 aromatic heterocycles. The summed E-state index contributed by atoms with van der Waals surface area (Å²) in [6.45, 7) is 12.3. The van der Waals surface area contributed by atoms with Gasteiger partial charge in [-0.05, 0) is 47.6 Å². The molecule has 0 radical (unpaired) electrons. The third-order valence-corrected chi connectivity index (χ3v) is 10.3. The zero-order valence-corrected chi connectivity index (χ0v) is 29.2. The largest absolute Gasteiger partial charge is 0.504 e. The van der Waals surface area contributed by atoms with E-state index in [0.29, 0.717) is 58.3 Å². The second-order valence-electron chi connectivity index (χ2n) is 13.4. The molecule has 1 N–H and O–H groups in total. The molecule has 4 saturated heterocycles. The molecule has 3 aromatic carbocycles. The summed E-state index contributed by atoms with van der Waals surface area (Å²) in [5, 5.41) is 12.9. The number of urea groups is 1. The lowest BCUT2D eigenvalue weighted by molar-refractivity contribution is -0.133. The number of imide groups is 1. The predicted octanol–water partition coefficient (Wildman–Crippen LogP) is 5.34. The summed E-state index contributed by atoms with van der Waals surface area (Å²) < 4.78 is 11.2.